The number of hydrogen-bond donors (Lipinski definition) is 1. The summed E-state index contributed by atoms with van der Waals surface area (Å²) in [6, 6.07) is 9.38. The van der Waals surface area contributed by atoms with Crippen LogP contribution < -0.4 is 5.32 Å². The molecule has 28 heavy (non-hydrogen) atoms. The quantitative estimate of drug-likeness (QED) is 0.538. The van der Waals surface area contributed by atoms with Gasteiger partial charge in [-0.05, 0) is 30.7 Å². The topological polar surface area (TPSA) is 85.6 Å². The Morgan fingerprint density at radius 3 is 2.75 bits per heavy atom. The number of imidazole rings is 1. The first kappa shape index (κ1) is 18.0. The maximum absolute atomic E-state index is 12.8. The molecule has 4 aromatic rings. The number of aromatic nitrogens is 5. The van der Waals surface area contributed by atoms with Crippen molar-refractivity contribution in [3.05, 3.63) is 72.0 Å². The minimum absolute atomic E-state index is 0.265. The van der Waals surface area contributed by atoms with Crippen molar-refractivity contribution in [1.29, 1.82) is 0 Å². The van der Waals surface area contributed by atoms with Crippen molar-refractivity contribution in [2.45, 2.75) is 19.8 Å². The second kappa shape index (κ2) is 8.10. The Balaban J connectivity index is 1.62. The van der Waals surface area contributed by atoms with Gasteiger partial charge >= 0.3 is 0 Å². The van der Waals surface area contributed by atoms with E-state index in [9.17, 15) is 4.79 Å². The Hall–Kier alpha value is -3.39. The van der Waals surface area contributed by atoms with E-state index in [1.165, 1.54) is 17.5 Å². The first-order chi connectivity index (χ1) is 13.8. The van der Waals surface area contributed by atoms with Gasteiger partial charge in [0.25, 0.3) is 5.91 Å². The van der Waals surface area contributed by atoms with Crippen LogP contribution in [-0.2, 0) is 6.42 Å². The van der Waals surface area contributed by atoms with Gasteiger partial charge in [-0.2, -0.15) is 0 Å². The van der Waals surface area contributed by atoms with E-state index in [-0.39, 0.29) is 5.91 Å². The Morgan fingerprint density at radius 1 is 1.14 bits per heavy atom. The minimum Gasteiger partial charge on any atom is -0.296 e. The number of carbonyl (C=O) groups is 1. The van der Waals surface area contributed by atoms with Crippen molar-refractivity contribution >= 4 is 22.4 Å². The zero-order valence-corrected chi connectivity index (χ0v) is 16.1. The molecule has 0 aliphatic carbocycles. The van der Waals surface area contributed by atoms with Crippen LogP contribution in [0.4, 0.5) is 5.13 Å². The summed E-state index contributed by atoms with van der Waals surface area (Å²) < 4.78 is 1.72. The second-order valence-corrected chi connectivity index (χ2v) is 7.15. The molecule has 4 heterocycles. The number of amides is 1. The molecule has 4 aromatic heterocycles. The normalized spacial score (nSPS) is 10.8. The number of nitrogens with one attached hydrogen (secondary N) is 1. The summed E-state index contributed by atoms with van der Waals surface area (Å²) in [5, 5.41) is 3.46. The largest absolute Gasteiger partial charge is 0.296 e. The molecule has 0 bridgehead atoms. The molecule has 0 aliphatic heterocycles. The summed E-state index contributed by atoms with van der Waals surface area (Å²) in [7, 11) is 0. The highest BCUT2D eigenvalue weighted by atomic mass is 32.1. The van der Waals surface area contributed by atoms with E-state index in [0.717, 1.165) is 34.8 Å². The summed E-state index contributed by atoms with van der Waals surface area (Å²) in [6.07, 6.45) is 10.1. The van der Waals surface area contributed by atoms with Crippen molar-refractivity contribution in [3.8, 4) is 17.1 Å². The zero-order valence-electron chi connectivity index (χ0n) is 15.2. The van der Waals surface area contributed by atoms with E-state index in [1.54, 1.807) is 29.5 Å². The van der Waals surface area contributed by atoms with Gasteiger partial charge in [-0.1, -0.05) is 19.4 Å². The molecule has 0 saturated heterocycles. The van der Waals surface area contributed by atoms with E-state index in [0.29, 0.717) is 10.8 Å². The molecule has 0 saturated carbocycles. The van der Waals surface area contributed by atoms with E-state index in [2.05, 4.69) is 32.2 Å². The molecule has 4 rings (SSSR count). The number of thiazole rings is 1. The van der Waals surface area contributed by atoms with E-state index in [1.807, 2.05) is 30.3 Å². The van der Waals surface area contributed by atoms with Gasteiger partial charge in [0.2, 0.25) is 0 Å². The number of aryl methyl sites for hydroxylation is 1. The SMILES string of the molecule is CCCc1sc(NC(=O)c2cncn2-c2ccncc2)nc1-c1ccccn1. The summed E-state index contributed by atoms with van der Waals surface area (Å²) in [4.78, 5) is 31.1. The van der Waals surface area contributed by atoms with Crippen molar-refractivity contribution < 1.29 is 4.79 Å². The minimum atomic E-state index is -0.265. The van der Waals surface area contributed by atoms with Crippen LogP contribution in [0, 0.1) is 0 Å². The van der Waals surface area contributed by atoms with Gasteiger partial charge in [0.05, 0.1) is 23.9 Å². The first-order valence-electron chi connectivity index (χ1n) is 8.91. The van der Waals surface area contributed by atoms with Crippen molar-refractivity contribution in [2.24, 2.45) is 0 Å². The fourth-order valence-corrected chi connectivity index (χ4v) is 3.91. The van der Waals surface area contributed by atoms with Crippen LogP contribution >= 0.6 is 11.3 Å². The molecule has 0 spiro atoms. The number of anilines is 1. The smallest absolute Gasteiger partial charge is 0.276 e. The maximum Gasteiger partial charge on any atom is 0.276 e. The molecule has 8 heteroatoms. The van der Waals surface area contributed by atoms with Crippen molar-refractivity contribution in [1.82, 2.24) is 24.5 Å². The predicted molar refractivity (Wildman–Crippen MR) is 109 cm³/mol. The van der Waals surface area contributed by atoms with E-state index < -0.39 is 0 Å². The Labute approximate surface area is 166 Å². The molecule has 1 N–H and O–H groups in total. The average molecular weight is 390 g/mol. The Kier molecular flexibility index (Phi) is 5.20. The molecule has 140 valence electrons. The fourth-order valence-electron chi connectivity index (χ4n) is 2.84. The molecule has 0 unspecified atom stereocenters. The number of rotatable bonds is 6. The average Bonchev–Trinajstić information content (AvgIpc) is 3.37. The molecular formula is C20H18N6OS. The third-order valence-corrected chi connectivity index (χ3v) is 5.14. The highest BCUT2D eigenvalue weighted by molar-refractivity contribution is 7.16. The molecule has 0 fully saturated rings. The van der Waals surface area contributed by atoms with Gasteiger partial charge < -0.3 is 0 Å². The summed E-state index contributed by atoms with van der Waals surface area (Å²) in [5.41, 5.74) is 2.88. The Bertz CT molecular complexity index is 1070. The lowest BCUT2D eigenvalue weighted by molar-refractivity contribution is 0.102. The summed E-state index contributed by atoms with van der Waals surface area (Å²) in [6.45, 7) is 2.12. The van der Waals surface area contributed by atoms with Crippen LogP contribution in [0.25, 0.3) is 17.1 Å². The van der Waals surface area contributed by atoms with Gasteiger partial charge in [0.15, 0.2) is 5.13 Å². The third-order valence-electron chi connectivity index (χ3n) is 4.11. The van der Waals surface area contributed by atoms with Gasteiger partial charge in [0.1, 0.15) is 11.4 Å². The van der Waals surface area contributed by atoms with Gasteiger partial charge in [-0.3, -0.25) is 24.6 Å². The zero-order chi connectivity index (χ0) is 19.3. The van der Waals surface area contributed by atoms with Crippen LogP contribution in [0.3, 0.4) is 0 Å². The first-order valence-corrected chi connectivity index (χ1v) is 9.73. The van der Waals surface area contributed by atoms with Crippen LogP contribution in [0.5, 0.6) is 0 Å². The lowest BCUT2D eigenvalue weighted by atomic mass is 10.2. The monoisotopic (exact) mass is 390 g/mol. The third kappa shape index (κ3) is 3.67. The number of carbonyl (C=O) groups excluding carboxylic acids is 1. The molecule has 0 radical (unpaired) electrons. The number of nitrogens with zero attached hydrogens (tertiary/aromatic N) is 5. The molecule has 0 aliphatic rings. The maximum atomic E-state index is 12.8. The van der Waals surface area contributed by atoms with Crippen LogP contribution in [-0.4, -0.2) is 30.4 Å². The van der Waals surface area contributed by atoms with E-state index >= 15 is 0 Å². The Morgan fingerprint density at radius 2 is 2.00 bits per heavy atom. The second-order valence-electron chi connectivity index (χ2n) is 6.06. The van der Waals surface area contributed by atoms with Crippen LogP contribution in [0.1, 0.15) is 28.7 Å². The number of pyridine rings is 2. The highest BCUT2D eigenvalue weighted by Gasteiger charge is 2.18. The highest BCUT2D eigenvalue weighted by Crippen LogP contribution is 2.31. The molecule has 7 nitrogen and oxygen atoms in total. The fraction of sp³-hybridized carbons (Fsp3) is 0.150. The van der Waals surface area contributed by atoms with Gasteiger partial charge in [-0.15, -0.1) is 11.3 Å². The van der Waals surface area contributed by atoms with Crippen molar-refractivity contribution in [3.63, 3.8) is 0 Å². The number of hydrogen-bond acceptors (Lipinski definition) is 6. The summed E-state index contributed by atoms with van der Waals surface area (Å²) >= 11 is 1.48. The summed E-state index contributed by atoms with van der Waals surface area (Å²) in [5.74, 6) is -0.265. The van der Waals surface area contributed by atoms with Gasteiger partial charge in [-0.25, -0.2) is 9.97 Å². The molecular weight excluding hydrogens is 372 g/mol. The molecule has 0 aromatic carbocycles. The van der Waals surface area contributed by atoms with E-state index in [4.69, 9.17) is 0 Å². The molecule has 0 atom stereocenters. The lowest BCUT2D eigenvalue weighted by Crippen LogP contribution is -2.16. The van der Waals surface area contributed by atoms with Gasteiger partial charge in [0, 0.05) is 23.5 Å². The predicted octanol–water partition coefficient (Wildman–Crippen LogP) is 3.99. The van der Waals surface area contributed by atoms with Crippen LogP contribution in [0.2, 0.25) is 0 Å². The van der Waals surface area contributed by atoms with Crippen molar-refractivity contribution in [2.75, 3.05) is 5.32 Å². The lowest BCUT2D eigenvalue weighted by Gasteiger charge is -2.07. The van der Waals surface area contributed by atoms with Crippen LogP contribution in [0.15, 0.2) is 61.4 Å². The molecule has 1 amide bonds. The standard InChI is InChI=1S/C20H18N6OS/c1-2-5-17-18(15-6-3-4-9-23-15)24-20(28-17)25-19(27)16-12-22-13-26(16)14-7-10-21-11-8-14/h3-4,6-13H,2,5H2,1H3,(H,24,25,27).